The lowest BCUT2D eigenvalue weighted by atomic mass is 9.99. The summed E-state index contributed by atoms with van der Waals surface area (Å²) in [4.78, 5) is 10.9. The number of aromatic nitrogens is 4. The summed E-state index contributed by atoms with van der Waals surface area (Å²) in [7, 11) is 1.91. The third-order valence-corrected chi connectivity index (χ3v) is 5.80. The van der Waals surface area contributed by atoms with Crippen LogP contribution in [-0.2, 0) is 13.6 Å². The van der Waals surface area contributed by atoms with Crippen LogP contribution in [0.25, 0.3) is 11.0 Å². The zero-order chi connectivity index (χ0) is 24.1. The molecule has 0 aromatic carbocycles. The Morgan fingerprint density at radius 2 is 1.94 bits per heavy atom. The Labute approximate surface area is 205 Å². The monoisotopic (exact) mass is 485 g/mol. The molecule has 3 aromatic rings. The van der Waals surface area contributed by atoms with Gasteiger partial charge in [0.2, 0.25) is 0 Å². The molecule has 0 atom stereocenters. The van der Waals surface area contributed by atoms with Crippen LogP contribution in [0.1, 0.15) is 56.5 Å². The van der Waals surface area contributed by atoms with Crippen molar-refractivity contribution in [3.63, 3.8) is 0 Å². The third kappa shape index (κ3) is 5.76. The summed E-state index contributed by atoms with van der Waals surface area (Å²) in [6, 6.07) is 7.76. The minimum absolute atomic E-state index is 0.301. The van der Waals surface area contributed by atoms with Crippen LogP contribution in [0.3, 0.4) is 0 Å². The highest BCUT2D eigenvalue weighted by Gasteiger charge is 2.18. The highest BCUT2D eigenvalue weighted by atomic mass is 35.5. The van der Waals surface area contributed by atoms with Gasteiger partial charge in [-0.1, -0.05) is 50.4 Å². The van der Waals surface area contributed by atoms with Gasteiger partial charge in [0.05, 0.1) is 30.1 Å². The number of nitriles is 1. The first kappa shape index (κ1) is 24.8. The summed E-state index contributed by atoms with van der Waals surface area (Å²) in [5, 5.41) is 19.1. The number of nitrogens with zero attached hydrogens (tertiary/aromatic N) is 6. The van der Waals surface area contributed by atoms with Crippen LogP contribution >= 0.6 is 23.2 Å². The molecule has 0 bridgehead atoms. The maximum absolute atomic E-state index is 9.48. The zero-order valence-electron chi connectivity index (χ0n) is 19.7. The molecule has 3 heterocycles. The van der Waals surface area contributed by atoms with Gasteiger partial charge in [0.25, 0.3) is 0 Å². The van der Waals surface area contributed by atoms with Gasteiger partial charge in [-0.25, -0.2) is 9.97 Å². The number of unbranched alkanes of at least 4 members (excludes halogenated alkanes) is 1. The Morgan fingerprint density at radius 3 is 2.55 bits per heavy atom. The predicted molar refractivity (Wildman–Crippen MR) is 134 cm³/mol. The molecule has 0 fully saturated rings. The van der Waals surface area contributed by atoms with Gasteiger partial charge < -0.3 is 10.2 Å². The maximum atomic E-state index is 9.48. The SMILES string of the molecule is CCCCN(/C(=C\C#N)NCc1cc(C(C)C)c2c(C)nn(C)c2n1)c1cc(Cl)nc(Cl)c1. The van der Waals surface area contributed by atoms with E-state index in [1.807, 2.05) is 23.6 Å². The number of pyridine rings is 2. The molecule has 0 aliphatic carbocycles. The topological polar surface area (TPSA) is 82.7 Å². The molecule has 3 rings (SSSR count). The van der Waals surface area contributed by atoms with E-state index in [0.29, 0.717) is 35.1 Å². The minimum Gasteiger partial charge on any atom is -0.365 e. The zero-order valence-corrected chi connectivity index (χ0v) is 21.2. The first-order valence-corrected chi connectivity index (χ1v) is 11.8. The Bertz CT molecular complexity index is 1190. The number of fused-ring (bicyclic) bond motifs is 1. The number of nitrogens with one attached hydrogen (secondary N) is 1. The quantitative estimate of drug-likeness (QED) is 0.301. The minimum atomic E-state index is 0.301. The molecule has 0 amide bonds. The number of hydrogen-bond donors (Lipinski definition) is 1. The van der Waals surface area contributed by atoms with Crippen LogP contribution in [0.4, 0.5) is 5.69 Å². The lowest BCUT2D eigenvalue weighted by molar-refractivity contribution is 0.692. The van der Waals surface area contributed by atoms with Gasteiger partial charge in [-0.2, -0.15) is 10.4 Å². The fourth-order valence-corrected chi connectivity index (χ4v) is 4.31. The van der Waals surface area contributed by atoms with E-state index < -0.39 is 0 Å². The summed E-state index contributed by atoms with van der Waals surface area (Å²) >= 11 is 12.3. The molecule has 9 heteroatoms. The molecular weight excluding hydrogens is 457 g/mol. The number of hydrogen-bond acceptors (Lipinski definition) is 6. The van der Waals surface area contributed by atoms with Crippen molar-refractivity contribution in [3.8, 4) is 6.07 Å². The van der Waals surface area contributed by atoms with Gasteiger partial charge in [-0.15, -0.1) is 0 Å². The van der Waals surface area contributed by atoms with Crippen molar-refractivity contribution in [2.45, 2.75) is 53.0 Å². The van der Waals surface area contributed by atoms with Crippen molar-refractivity contribution >= 4 is 39.9 Å². The molecule has 0 radical (unpaired) electrons. The maximum Gasteiger partial charge on any atom is 0.158 e. The predicted octanol–water partition coefficient (Wildman–Crippen LogP) is 5.86. The summed E-state index contributed by atoms with van der Waals surface area (Å²) < 4.78 is 1.82. The molecule has 33 heavy (non-hydrogen) atoms. The van der Waals surface area contributed by atoms with Crippen LogP contribution < -0.4 is 10.2 Å². The fourth-order valence-electron chi connectivity index (χ4n) is 3.86. The van der Waals surface area contributed by atoms with Crippen LogP contribution in [-0.4, -0.2) is 26.3 Å². The Balaban J connectivity index is 1.96. The second kappa shape index (κ2) is 10.9. The van der Waals surface area contributed by atoms with E-state index in [1.165, 1.54) is 11.6 Å². The van der Waals surface area contributed by atoms with Crippen LogP contribution in [0.2, 0.25) is 10.3 Å². The fraction of sp³-hybridized carbons (Fsp3) is 0.417. The van der Waals surface area contributed by atoms with E-state index in [1.54, 1.807) is 12.1 Å². The van der Waals surface area contributed by atoms with E-state index in [2.05, 4.69) is 48.3 Å². The van der Waals surface area contributed by atoms with Gasteiger partial charge in [-0.3, -0.25) is 4.68 Å². The molecule has 0 spiro atoms. The molecule has 7 nitrogen and oxygen atoms in total. The molecule has 0 saturated heterocycles. The van der Waals surface area contributed by atoms with E-state index in [4.69, 9.17) is 28.2 Å². The van der Waals surface area contributed by atoms with Crippen LogP contribution in [0, 0.1) is 18.3 Å². The van der Waals surface area contributed by atoms with Crippen molar-refractivity contribution in [1.82, 2.24) is 25.1 Å². The highest BCUT2D eigenvalue weighted by molar-refractivity contribution is 6.32. The van der Waals surface area contributed by atoms with Crippen molar-refractivity contribution < 1.29 is 0 Å². The Morgan fingerprint density at radius 1 is 1.24 bits per heavy atom. The summed E-state index contributed by atoms with van der Waals surface area (Å²) in [6.45, 7) is 9.61. The van der Waals surface area contributed by atoms with Gasteiger partial charge in [0.15, 0.2) is 5.65 Å². The first-order chi connectivity index (χ1) is 15.7. The van der Waals surface area contributed by atoms with Crippen molar-refractivity contribution in [2.75, 3.05) is 11.4 Å². The normalized spacial score (nSPS) is 11.8. The van der Waals surface area contributed by atoms with E-state index in [9.17, 15) is 5.26 Å². The number of aryl methyl sites for hydroxylation is 2. The summed E-state index contributed by atoms with van der Waals surface area (Å²) in [6.07, 6.45) is 3.42. The Kier molecular flexibility index (Phi) is 8.17. The number of halogens is 2. The van der Waals surface area contributed by atoms with Crippen LogP contribution in [0.15, 0.2) is 30.1 Å². The van der Waals surface area contributed by atoms with E-state index >= 15 is 0 Å². The lowest BCUT2D eigenvalue weighted by Gasteiger charge is -2.28. The van der Waals surface area contributed by atoms with Gasteiger partial charge >= 0.3 is 0 Å². The molecule has 0 aliphatic heterocycles. The number of allylic oxidation sites excluding steroid dienone is 1. The molecule has 3 aromatic heterocycles. The van der Waals surface area contributed by atoms with E-state index in [-0.39, 0.29) is 0 Å². The average molecular weight is 486 g/mol. The largest absolute Gasteiger partial charge is 0.365 e. The van der Waals surface area contributed by atoms with Crippen molar-refractivity contribution in [2.24, 2.45) is 7.05 Å². The molecule has 0 saturated carbocycles. The Hall–Kier alpha value is -2.82. The standard InChI is InChI=1S/C24H29Cl2N7/c1-6-7-10-33(18-12-20(25)30-21(26)13-18)22(8-9-27)28-14-17-11-19(15(2)3)23-16(4)31-32(5)24(23)29-17/h8,11-13,15,28H,6-7,10,14H2,1-5H3/b22-8-. The van der Waals surface area contributed by atoms with Gasteiger partial charge in [-0.05, 0) is 43.0 Å². The molecule has 0 aliphatic rings. The molecule has 1 N–H and O–H groups in total. The average Bonchev–Trinajstić information content (AvgIpc) is 3.04. The second-order valence-corrected chi connectivity index (χ2v) is 9.03. The van der Waals surface area contributed by atoms with E-state index in [0.717, 1.165) is 41.0 Å². The second-order valence-electron chi connectivity index (χ2n) is 8.25. The number of anilines is 1. The highest BCUT2D eigenvalue weighted by Crippen LogP contribution is 2.28. The molecule has 0 unspecified atom stereocenters. The first-order valence-electron chi connectivity index (χ1n) is 11.0. The lowest BCUT2D eigenvalue weighted by Crippen LogP contribution is -2.32. The van der Waals surface area contributed by atoms with Gasteiger partial charge in [0.1, 0.15) is 16.1 Å². The van der Waals surface area contributed by atoms with Crippen molar-refractivity contribution in [1.29, 1.82) is 5.26 Å². The van der Waals surface area contributed by atoms with Crippen LogP contribution in [0.5, 0.6) is 0 Å². The summed E-state index contributed by atoms with van der Waals surface area (Å²) in [5.74, 6) is 0.979. The summed E-state index contributed by atoms with van der Waals surface area (Å²) in [5.41, 5.74) is 4.70. The number of rotatable bonds is 9. The van der Waals surface area contributed by atoms with Gasteiger partial charge in [0, 0.05) is 24.7 Å². The smallest absolute Gasteiger partial charge is 0.158 e. The molecule has 174 valence electrons. The third-order valence-electron chi connectivity index (χ3n) is 5.41. The molecular formula is C24H29Cl2N7. The van der Waals surface area contributed by atoms with Crippen molar-refractivity contribution in [3.05, 3.63) is 57.4 Å².